The van der Waals surface area contributed by atoms with Gasteiger partial charge in [0.25, 0.3) is 0 Å². The smallest absolute Gasteiger partial charge is 0.318 e. The summed E-state index contributed by atoms with van der Waals surface area (Å²) >= 11 is 0. The normalized spacial score (nSPS) is 18.6. The second kappa shape index (κ2) is 11.1. The van der Waals surface area contributed by atoms with Gasteiger partial charge in [-0.2, -0.15) is 0 Å². The molecule has 4 nitrogen and oxygen atoms in total. The van der Waals surface area contributed by atoms with Gasteiger partial charge in [-0.15, -0.1) is 0 Å². The number of esters is 1. The number of unbranched alkanes of at least 4 members (excludes halogenated alkanes) is 2. The van der Waals surface area contributed by atoms with E-state index in [-0.39, 0.29) is 29.8 Å². The summed E-state index contributed by atoms with van der Waals surface area (Å²) in [6.07, 6.45) is 8.17. The van der Waals surface area contributed by atoms with Crippen LogP contribution in [0, 0.1) is 5.92 Å². The number of carbonyl (C=O) groups is 2. The van der Waals surface area contributed by atoms with Crippen molar-refractivity contribution in [1.82, 2.24) is 0 Å². The second-order valence-electron chi connectivity index (χ2n) is 8.56. The molecule has 0 saturated carbocycles. The van der Waals surface area contributed by atoms with Crippen LogP contribution in [0.3, 0.4) is 0 Å². The van der Waals surface area contributed by atoms with Gasteiger partial charge in [-0.25, -0.2) is 0 Å². The van der Waals surface area contributed by atoms with Gasteiger partial charge in [0.15, 0.2) is 0 Å². The van der Waals surface area contributed by atoms with Crippen LogP contribution in [-0.4, -0.2) is 16.9 Å². The Kier molecular flexibility index (Phi) is 8.88. The monoisotopic (exact) mass is 412 g/mol. The maximum absolute atomic E-state index is 12.4. The Morgan fingerprint density at radius 1 is 1.23 bits per heavy atom. The van der Waals surface area contributed by atoms with Crippen LogP contribution in [0.15, 0.2) is 35.9 Å². The topological polar surface area (TPSA) is 63.6 Å². The van der Waals surface area contributed by atoms with Crippen LogP contribution < -0.4 is 4.74 Å². The molecule has 0 amide bonds. The molecule has 164 valence electrons. The molecule has 1 aromatic carbocycles. The first-order valence-corrected chi connectivity index (χ1v) is 11.2. The highest BCUT2D eigenvalue weighted by atomic mass is 16.5. The van der Waals surface area contributed by atoms with E-state index in [9.17, 15) is 14.7 Å². The summed E-state index contributed by atoms with van der Waals surface area (Å²) < 4.78 is 5.68. The van der Waals surface area contributed by atoms with E-state index < -0.39 is 5.97 Å². The number of aryl methyl sites for hydroxylation is 1. The quantitative estimate of drug-likeness (QED) is 0.158. The molecule has 1 aliphatic carbocycles. The zero-order valence-corrected chi connectivity index (χ0v) is 18.9. The lowest BCUT2D eigenvalue weighted by Gasteiger charge is -2.32. The van der Waals surface area contributed by atoms with Gasteiger partial charge in [0.2, 0.25) is 0 Å². The number of aromatic hydroxyl groups is 1. The van der Waals surface area contributed by atoms with Crippen LogP contribution in [0.2, 0.25) is 0 Å². The molecule has 0 aromatic heterocycles. The Hall–Kier alpha value is -2.36. The van der Waals surface area contributed by atoms with Crippen LogP contribution in [0.4, 0.5) is 0 Å². The Morgan fingerprint density at radius 3 is 2.60 bits per heavy atom. The zero-order chi connectivity index (χ0) is 22.3. The predicted molar refractivity (Wildman–Crippen MR) is 121 cm³/mol. The summed E-state index contributed by atoms with van der Waals surface area (Å²) in [5.74, 6) is -0.144. The summed E-state index contributed by atoms with van der Waals surface area (Å²) in [5.41, 5.74) is 3.87. The van der Waals surface area contributed by atoms with Gasteiger partial charge in [0, 0.05) is 17.9 Å². The van der Waals surface area contributed by atoms with Gasteiger partial charge in [-0.1, -0.05) is 50.5 Å². The molecule has 0 heterocycles. The molecule has 4 heteroatoms. The standard InChI is InChI=1S/C26H36O4/c1-6-8-9-10-19-14-23(28)26(22-13-18(5)11-12-21(22)17(3)4)24(15-19)30-25(29)16-20(27)7-2/h13-15,21-22,28H,3,6-12,16H2,1-2,4-5H3/t21-,22+/m0/s1. The molecule has 0 unspecified atom stereocenters. The molecule has 0 fully saturated rings. The third kappa shape index (κ3) is 6.32. The summed E-state index contributed by atoms with van der Waals surface area (Å²) in [6, 6.07) is 3.67. The van der Waals surface area contributed by atoms with Crippen molar-refractivity contribution < 1.29 is 19.4 Å². The van der Waals surface area contributed by atoms with Crippen molar-refractivity contribution in [3.8, 4) is 11.5 Å². The molecule has 1 N–H and O–H groups in total. The summed E-state index contributed by atoms with van der Waals surface area (Å²) in [7, 11) is 0. The van der Waals surface area contributed by atoms with Crippen LogP contribution >= 0.6 is 0 Å². The number of carbonyl (C=O) groups excluding carboxylic acids is 2. The number of allylic oxidation sites excluding steroid dienone is 3. The molecule has 2 atom stereocenters. The maximum Gasteiger partial charge on any atom is 0.318 e. The molecule has 1 aliphatic rings. The third-order valence-corrected chi connectivity index (χ3v) is 5.92. The number of phenolic OH excluding ortho intramolecular Hbond substituents is 1. The van der Waals surface area contributed by atoms with Crippen molar-refractivity contribution in [2.45, 2.75) is 85.0 Å². The third-order valence-electron chi connectivity index (χ3n) is 5.92. The number of ketones is 1. The summed E-state index contributed by atoms with van der Waals surface area (Å²) in [6.45, 7) is 12.1. The van der Waals surface area contributed by atoms with E-state index in [0.29, 0.717) is 17.7 Å². The number of phenols is 1. The molecule has 0 aliphatic heterocycles. The molecule has 2 rings (SSSR count). The van der Waals surface area contributed by atoms with E-state index in [1.165, 1.54) is 5.57 Å². The number of rotatable bonds is 10. The Bertz CT molecular complexity index is 819. The van der Waals surface area contributed by atoms with Gasteiger partial charge < -0.3 is 9.84 Å². The second-order valence-corrected chi connectivity index (χ2v) is 8.56. The van der Waals surface area contributed by atoms with Crippen molar-refractivity contribution in [3.63, 3.8) is 0 Å². The minimum absolute atomic E-state index is 0.106. The lowest BCUT2D eigenvalue weighted by molar-refractivity contribution is -0.138. The Balaban J connectivity index is 2.48. The van der Waals surface area contributed by atoms with Gasteiger partial charge in [0.05, 0.1) is 0 Å². The molecular formula is C26H36O4. The number of ether oxygens (including phenoxy) is 1. The highest BCUT2D eigenvalue weighted by Crippen LogP contribution is 2.47. The minimum Gasteiger partial charge on any atom is -0.507 e. The van der Waals surface area contributed by atoms with E-state index in [4.69, 9.17) is 4.74 Å². The van der Waals surface area contributed by atoms with Crippen molar-refractivity contribution in [1.29, 1.82) is 0 Å². The molecule has 0 spiro atoms. The van der Waals surface area contributed by atoms with Crippen LogP contribution in [-0.2, 0) is 16.0 Å². The molecule has 0 bridgehead atoms. The summed E-state index contributed by atoms with van der Waals surface area (Å²) in [4.78, 5) is 24.1. The van der Waals surface area contributed by atoms with E-state index in [1.807, 2.05) is 13.0 Å². The minimum atomic E-state index is -0.573. The predicted octanol–water partition coefficient (Wildman–Crippen LogP) is 6.42. The largest absolute Gasteiger partial charge is 0.507 e. The molecular weight excluding hydrogens is 376 g/mol. The Morgan fingerprint density at radius 2 is 1.97 bits per heavy atom. The van der Waals surface area contributed by atoms with E-state index >= 15 is 0 Å². The summed E-state index contributed by atoms with van der Waals surface area (Å²) in [5, 5.41) is 11.0. The number of benzene rings is 1. The first kappa shape index (κ1) is 23.9. The molecule has 0 saturated heterocycles. The molecule has 1 aromatic rings. The van der Waals surface area contributed by atoms with Gasteiger partial charge in [-0.05, 0) is 63.1 Å². The van der Waals surface area contributed by atoms with Gasteiger partial charge >= 0.3 is 5.97 Å². The lowest BCUT2D eigenvalue weighted by Crippen LogP contribution is -2.20. The fourth-order valence-corrected chi connectivity index (χ4v) is 4.16. The first-order chi connectivity index (χ1) is 14.3. The lowest BCUT2D eigenvalue weighted by atomic mass is 9.73. The highest BCUT2D eigenvalue weighted by molar-refractivity contribution is 5.96. The van der Waals surface area contributed by atoms with E-state index in [1.54, 1.807) is 13.0 Å². The van der Waals surface area contributed by atoms with E-state index in [0.717, 1.165) is 49.7 Å². The van der Waals surface area contributed by atoms with Crippen molar-refractivity contribution in [2.24, 2.45) is 5.92 Å². The van der Waals surface area contributed by atoms with Gasteiger partial charge in [-0.3, -0.25) is 9.59 Å². The number of hydrogen-bond donors (Lipinski definition) is 1. The fraction of sp³-hybridized carbons (Fsp3) is 0.538. The first-order valence-electron chi connectivity index (χ1n) is 11.2. The van der Waals surface area contributed by atoms with Crippen LogP contribution in [0.1, 0.15) is 89.7 Å². The van der Waals surface area contributed by atoms with Crippen molar-refractivity contribution in [3.05, 3.63) is 47.1 Å². The van der Waals surface area contributed by atoms with Gasteiger partial charge in [0.1, 0.15) is 23.7 Å². The molecule has 0 radical (unpaired) electrons. The van der Waals surface area contributed by atoms with E-state index in [2.05, 4.69) is 26.5 Å². The fourth-order valence-electron chi connectivity index (χ4n) is 4.16. The zero-order valence-electron chi connectivity index (χ0n) is 18.9. The highest BCUT2D eigenvalue weighted by Gasteiger charge is 2.31. The average Bonchev–Trinajstić information content (AvgIpc) is 2.67. The number of Topliss-reactive ketones (excluding diaryl/α,β-unsaturated/α-hetero) is 1. The maximum atomic E-state index is 12.4. The average molecular weight is 413 g/mol. The SMILES string of the molecule is C=C(C)[C@@H]1CCC(C)=C[C@H]1c1c(O)cc(CCCCC)cc1OC(=O)CC(=O)CC. The van der Waals surface area contributed by atoms with Crippen molar-refractivity contribution in [2.75, 3.05) is 0 Å². The van der Waals surface area contributed by atoms with Crippen molar-refractivity contribution >= 4 is 11.8 Å². The van der Waals surface area contributed by atoms with Crippen LogP contribution in [0.25, 0.3) is 0 Å². The Labute approximate surface area is 181 Å². The molecule has 30 heavy (non-hydrogen) atoms. The number of hydrogen-bond acceptors (Lipinski definition) is 4. The van der Waals surface area contributed by atoms with Crippen LogP contribution in [0.5, 0.6) is 11.5 Å².